The van der Waals surface area contributed by atoms with E-state index in [2.05, 4.69) is 10.6 Å². The van der Waals surface area contributed by atoms with Gasteiger partial charge in [0.2, 0.25) is 11.8 Å². The molecule has 2 aromatic carbocycles. The first-order valence-corrected chi connectivity index (χ1v) is 10.8. The van der Waals surface area contributed by atoms with E-state index >= 15 is 0 Å². The van der Waals surface area contributed by atoms with E-state index in [1.165, 1.54) is 24.3 Å². The molecule has 0 saturated carbocycles. The Bertz CT molecular complexity index is 946. The molecule has 178 valence electrons. The molecule has 2 amide bonds. The number of amides is 2. The van der Waals surface area contributed by atoms with Crippen molar-refractivity contribution in [2.24, 2.45) is 11.7 Å². The minimum atomic E-state index is -1.21. The third-order valence-electron chi connectivity index (χ3n) is 5.51. The number of benzene rings is 2. The molecule has 9 nitrogen and oxygen atoms in total. The van der Waals surface area contributed by atoms with Gasteiger partial charge in [-0.25, -0.2) is 4.79 Å². The van der Waals surface area contributed by atoms with E-state index in [0.29, 0.717) is 12.0 Å². The highest BCUT2D eigenvalue weighted by molar-refractivity contribution is 5.92. The Kier molecular flexibility index (Phi) is 9.23. The van der Waals surface area contributed by atoms with Crippen molar-refractivity contribution in [3.05, 3.63) is 59.7 Å². The van der Waals surface area contributed by atoms with Crippen molar-refractivity contribution < 1.29 is 29.7 Å². The summed E-state index contributed by atoms with van der Waals surface area (Å²) in [6.07, 6.45) is 0.795. The molecule has 4 atom stereocenters. The molecule has 0 radical (unpaired) electrons. The van der Waals surface area contributed by atoms with Gasteiger partial charge < -0.3 is 31.7 Å². The summed E-state index contributed by atoms with van der Waals surface area (Å²) in [4.78, 5) is 37.4. The van der Waals surface area contributed by atoms with E-state index in [1.807, 2.05) is 6.92 Å². The number of aliphatic carboxylic acids is 1. The molecule has 7 N–H and O–H groups in total. The van der Waals surface area contributed by atoms with Crippen LogP contribution in [0.15, 0.2) is 48.5 Å². The molecule has 0 fully saturated rings. The van der Waals surface area contributed by atoms with Gasteiger partial charge in [-0.05, 0) is 47.7 Å². The van der Waals surface area contributed by atoms with Crippen LogP contribution in [0.2, 0.25) is 0 Å². The summed E-state index contributed by atoms with van der Waals surface area (Å²) in [6.45, 7) is 3.64. The van der Waals surface area contributed by atoms with Gasteiger partial charge in [0, 0.05) is 6.42 Å². The van der Waals surface area contributed by atoms with Gasteiger partial charge in [0.05, 0.1) is 6.04 Å². The van der Waals surface area contributed by atoms with Crippen molar-refractivity contribution in [2.75, 3.05) is 0 Å². The lowest BCUT2D eigenvalue weighted by Gasteiger charge is -2.26. The maximum Gasteiger partial charge on any atom is 0.326 e. The van der Waals surface area contributed by atoms with E-state index in [4.69, 9.17) is 5.73 Å². The highest BCUT2D eigenvalue weighted by Crippen LogP contribution is 2.14. The number of nitrogens with two attached hydrogens (primary N) is 1. The SMILES string of the molecule is CCC(C)C(NC(=O)C(N)Cc1ccc(O)cc1)C(=O)NC(Cc1ccc(O)cc1)C(=O)O. The Morgan fingerprint density at radius 3 is 1.79 bits per heavy atom. The zero-order valence-corrected chi connectivity index (χ0v) is 18.7. The number of aromatic hydroxyl groups is 2. The lowest BCUT2D eigenvalue weighted by molar-refractivity contribution is -0.142. The van der Waals surface area contributed by atoms with Gasteiger partial charge in [0.15, 0.2) is 0 Å². The minimum absolute atomic E-state index is 0.0168. The monoisotopic (exact) mass is 457 g/mol. The number of hydrogen-bond acceptors (Lipinski definition) is 6. The van der Waals surface area contributed by atoms with Crippen molar-refractivity contribution in [1.29, 1.82) is 0 Å². The summed E-state index contributed by atoms with van der Waals surface area (Å²) < 4.78 is 0. The molecule has 0 saturated heterocycles. The normalized spacial score (nSPS) is 14.5. The van der Waals surface area contributed by atoms with E-state index in [1.54, 1.807) is 31.2 Å². The van der Waals surface area contributed by atoms with Crippen LogP contribution in [0.25, 0.3) is 0 Å². The van der Waals surface area contributed by atoms with Crippen LogP contribution < -0.4 is 16.4 Å². The Balaban J connectivity index is 2.07. The molecule has 0 aliphatic carbocycles. The number of phenolic OH excluding ortho intramolecular Hbond substituents is 2. The summed E-state index contributed by atoms with van der Waals surface area (Å²) in [5.41, 5.74) is 7.40. The van der Waals surface area contributed by atoms with Gasteiger partial charge >= 0.3 is 5.97 Å². The number of rotatable bonds is 11. The van der Waals surface area contributed by atoms with Crippen LogP contribution in [0, 0.1) is 5.92 Å². The average molecular weight is 458 g/mol. The number of hydrogen-bond donors (Lipinski definition) is 6. The first-order chi connectivity index (χ1) is 15.6. The molecule has 9 heteroatoms. The molecular weight excluding hydrogens is 426 g/mol. The third-order valence-corrected chi connectivity index (χ3v) is 5.51. The number of carbonyl (C=O) groups is 3. The van der Waals surface area contributed by atoms with Gasteiger partial charge in [-0.1, -0.05) is 44.5 Å². The van der Waals surface area contributed by atoms with Gasteiger partial charge in [-0.2, -0.15) is 0 Å². The predicted octanol–water partition coefficient (Wildman–Crippen LogP) is 1.31. The first kappa shape index (κ1) is 25.7. The molecule has 0 aliphatic heterocycles. The molecule has 0 heterocycles. The number of carboxylic acid groups (broad SMARTS) is 1. The second-order valence-corrected chi connectivity index (χ2v) is 8.12. The summed E-state index contributed by atoms with van der Waals surface area (Å²) in [5, 5.41) is 33.5. The van der Waals surface area contributed by atoms with Gasteiger partial charge in [0.25, 0.3) is 0 Å². The minimum Gasteiger partial charge on any atom is -0.508 e. The lowest BCUT2D eigenvalue weighted by atomic mass is 9.96. The largest absolute Gasteiger partial charge is 0.508 e. The number of nitrogens with one attached hydrogen (secondary N) is 2. The highest BCUT2D eigenvalue weighted by Gasteiger charge is 2.31. The Morgan fingerprint density at radius 1 is 0.848 bits per heavy atom. The fourth-order valence-electron chi connectivity index (χ4n) is 3.27. The van der Waals surface area contributed by atoms with Crippen LogP contribution >= 0.6 is 0 Å². The van der Waals surface area contributed by atoms with Crippen LogP contribution in [0.5, 0.6) is 11.5 Å². The molecule has 2 aromatic rings. The molecule has 2 rings (SSSR count). The molecule has 0 aromatic heterocycles. The van der Waals surface area contributed by atoms with Crippen molar-refractivity contribution in [1.82, 2.24) is 10.6 Å². The maximum absolute atomic E-state index is 13.0. The third kappa shape index (κ3) is 7.80. The summed E-state index contributed by atoms with van der Waals surface area (Å²) in [5.74, 6) is -2.47. The molecular formula is C24H31N3O6. The van der Waals surface area contributed by atoms with Gasteiger partial charge in [0.1, 0.15) is 23.6 Å². The fourth-order valence-corrected chi connectivity index (χ4v) is 3.27. The van der Waals surface area contributed by atoms with Crippen molar-refractivity contribution in [3.63, 3.8) is 0 Å². The molecule has 0 bridgehead atoms. The number of carbonyl (C=O) groups excluding carboxylic acids is 2. The van der Waals surface area contributed by atoms with Crippen LogP contribution in [0.3, 0.4) is 0 Å². The van der Waals surface area contributed by atoms with Crippen LogP contribution in [0.4, 0.5) is 0 Å². The Labute approximate surface area is 192 Å². The molecule has 33 heavy (non-hydrogen) atoms. The molecule has 0 aliphatic rings. The quantitative estimate of drug-likeness (QED) is 0.296. The second-order valence-electron chi connectivity index (χ2n) is 8.12. The number of phenols is 2. The zero-order chi connectivity index (χ0) is 24.5. The lowest BCUT2D eigenvalue weighted by Crippen LogP contribution is -2.57. The van der Waals surface area contributed by atoms with Crippen LogP contribution in [-0.4, -0.2) is 51.2 Å². The maximum atomic E-state index is 13.0. The smallest absolute Gasteiger partial charge is 0.326 e. The molecule has 4 unspecified atom stereocenters. The summed E-state index contributed by atoms with van der Waals surface area (Å²) >= 11 is 0. The predicted molar refractivity (Wildman–Crippen MR) is 123 cm³/mol. The second kappa shape index (κ2) is 11.9. The Hall–Kier alpha value is -3.59. The van der Waals surface area contributed by atoms with Crippen LogP contribution in [0.1, 0.15) is 31.4 Å². The molecule has 0 spiro atoms. The van der Waals surface area contributed by atoms with E-state index in [9.17, 15) is 29.7 Å². The average Bonchev–Trinajstić information content (AvgIpc) is 2.78. The fraction of sp³-hybridized carbons (Fsp3) is 0.375. The topological polar surface area (TPSA) is 162 Å². The van der Waals surface area contributed by atoms with Crippen LogP contribution in [-0.2, 0) is 27.2 Å². The zero-order valence-electron chi connectivity index (χ0n) is 18.7. The summed E-state index contributed by atoms with van der Waals surface area (Å²) in [7, 11) is 0. The van der Waals surface area contributed by atoms with Crippen molar-refractivity contribution in [3.8, 4) is 11.5 Å². The van der Waals surface area contributed by atoms with Crippen molar-refractivity contribution >= 4 is 17.8 Å². The van der Waals surface area contributed by atoms with E-state index in [-0.39, 0.29) is 30.3 Å². The highest BCUT2D eigenvalue weighted by atomic mass is 16.4. The van der Waals surface area contributed by atoms with Crippen molar-refractivity contribution in [2.45, 2.75) is 51.2 Å². The summed E-state index contributed by atoms with van der Waals surface area (Å²) in [6, 6.07) is 9.23. The first-order valence-electron chi connectivity index (χ1n) is 10.8. The number of carboxylic acids is 1. The van der Waals surface area contributed by atoms with E-state index < -0.39 is 35.9 Å². The van der Waals surface area contributed by atoms with E-state index in [0.717, 1.165) is 5.56 Å². The standard InChI is InChI=1S/C24H31N3O6/c1-3-14(2)21(27-22(30)19(25)12-15-4-8-17(28)9-5-15)23(31)26-20(24(32)33)13-16-6-10-18(29)11-7-16/h4-11,14,19-21,28-29H,3,12-13,25H2,1-2H3,(H,26,31)(H,27,30)(H,32,33). The van der Waals surface area contributed by atoms with Gasteiger partial charge in [-0.15, -0.1) is 0 Å². The van der Waals surface area contributed by atoms with Gasteiger partial charge in [-0.3, -0.25) is 9.59 Å². The Morgan fingerprint density at radius 2 is 1.33 bits per heavy atom.